The summed E-state index contributed by atoms with van der Waals surface area (Å²) in [5.41, 5.74) is 2.17. The van der Waals surface area contributed by atoms with E-state index >= 15 is 0 Å². The van der Waals surface area contributed by atoms with Crippen LogP contribution in [0.4, 0.5) is 0 Å². The van der Waals surface area contributed by atoms with Gasteiger partial charge < -0.3 is 10.6 Å². The molecule has 0 saturated heterocycles. The highest BCUT2D eigenvalue weighted by molar-refractivity contribution is 9.10. The third-order valence-electron chi connectivity index (χ3n) is 3.51. The molecule has 24 heavy (non-hydrogen) atoms. The SMILES string of the molecule is O=C(CNC(=O)Cc1cccc(Br)c1)NCCCc1ccccc1. The fourth-order valence-corrected chi connectivity index (χ4v) is 2.75. The van der Waals surface area contributed by atoms with E-state index in [1.54, 1.807) is 0 Å². The van der Waals surface area contributed by atoms with Gasteiger partial charge in [0.1, 0.15) is 0 Å². The molecular formula is C19H21BrN2O2. The predicted octanol–water partition coefficient (Wildman–Crippen LogP) is 2.86. The van der Waals surface area contributed by atoms with Crippen LogP contribution < -0.4 is 10.6 Å². The van der Waals surface area contributed by atoms with Crippen LogP contribution in [0.1, 0.15) is 17.5 Å². The lowest BCUT2D eigenvalue weighted by Gasteiger charge is -2.07. The third kappa shape index (κ3) is 6.96. The van der Waals surface area contributed by atoms with Gasteiger partial charge in [0.2, 0.25) is 11.8 Å². The molecule has 0 saturated carbocycles. The number of nitrogens with one attached hydrogen (secondary N) is 2. The number of rotatable bonds is 8. The van der Waals surface area contributed by atoms with E-state index < -0.39 is 0 Å². The van der Waals surface area contributed by atoms with E-state index in [0.717, 1.165) is 22.9 Å². The maximum Gasteiger partial charge on any atom is 0.239 e. The number of aryl methyl sites for hydroxylation is 1. The zero-order valence-electron chi connectivity index (χ0n) is 13.4. The molecule has 2 N–H and O–H groups in total. The molecule has 0 bridgehead atoms. The number of halogens is 1. The van der Waals surface area contributed by atoms with Crippen LogP contribution in [0.25, 0.3) is 0 Å². The molecule has 0 aliphatic rings. The van der Waals surface area contributed by atoms with Crippen molar-refractivity contribution in [2.24, 2.45) is 0 Å². The van der Waals surface area contributed by atoms with Gasteiger partial charge in [0, 0.05) is 11.0 Å². The third-order valence-corrected chi connectivity index (χ3v) is 4.00. The Bertz CT molecular complexity index is 674. The largest absolute Gasteiger partial charge is 0.355 e. The molecule has 5 heteroatoms. The van der Waals surface area contributed by atoms with Crippen molar-refractivity contribution in [1.29, 1.82) is 0 Å². The highest BCUT2D eigenvalue weighted by Gasteiger charge is 2.06. The maximum absolute atomic E-state index is 11.8. The highest BCUT2D eigenvalue weighted by Crippen LogP contribution is 2.11. The lowest BCUT2D eigenvalue weighted by molar-refractivity contribution is -0.125. The first-order valence-corrected chi connectivity index (χ1v) is 8.74. The first kappa shape index (κ1) is 18.2. The Kier molecular flexibility index (Phi) is 7.49. The molecule has 126 valence electrons. The summed E-state index contributed by atoms with van der Waals surface area (Å²) in [5, 5.41) is 5.46. The average molecular weight is 389 g/mol. The number of hydrogen-bond donors (Lipinski definition) is 2. The van der Waals surface area contributed by atoms with Gasteiger partial charge in [-0.3, -0.25) is 9.59 Å². The van der Waals surface area contributed by atoms with E-state index in [2.05, 4.69) is 38.7 Å². The van der Waals surface area contributed by atoms with Gasteiger partial charge in [0.25, 0.3) is 0 Å². The first-order chi connectivity index (χ1) is 11.6. The zero-order valence-corrected chi connectivity index (χ0v) is 15.0. The molecule has 2 aromatic rings. The van der Waals surface area contributed by atoms with Crippen LogP contribution >= 0.6 is 15.9 Å². The molecule has 0 aliphatic carbocycles. The number of hydrogen-bond acceptors (Lipinski definition) is 2. The summed E-state index contributed by atoms with van der Waals surface area (Å²) in [4.78, 5) is 23.6. The molecule has 0 radical (unpaired) electrons. The van der Waals surface area contributed by atoms with Crippen molar-refractivity contribution in [2.75, 3.05) is 13.1 Å². The summed E-state index contributed by atoms with van der Waals surface area (Å²) in [6, 6.07) is 17.7. The molecule has 2 amide bonds. The van der Waals surface area contributed by atoms with Gasteiger partial charge in [-0.05, 0) is 36.1 Å². The van der Waals surface area contributed by atoms with Crippen molar-refractivity contribution in [3.63, 3.8) is 0 Å². The molecule has 0 heterocycles. The van der Waals surface area contributed by atoms with Crippen LogP contribution in [0.2, 0.25) is 0 Å². The quantitative estimate of drug-likeness (QED) is 0.683. The number of carbonyl (C=O) groups is 2. The van der Waals surface area contributed by atoms with Crippen molar-refractivity contribution < 1.29 is 9.59 Å². The van der Waals surface area contributed by atoms with E-state index in [9.17, 15) is 9.59 Å². The predicted molar refractivity (Wildman–Crippen MR) is 98.6 cm³/mol. The lowest BCUT2D eigenvalue weighted by Crippen LogP contribution is -2.38. The van der Waals surface area contributed by atoms with Crippen LogP contribution in [-0.2, 0) is 22.4 Å². The lowest BCUT2D eigenvalue weighted by atomic mass is 10.1. The molecule has 2 aromatic carbocycles. The second kappa shape index (κ2) is 9.88. The molecular weight excluding hydrogens is 368 g/mol. The summed E-state index contributed by atoms with van der Waals surface area (Å²) in [6.07, 6.45) is 2.07. The van der Waals surface area contributed by atoms with Crippen LogP contribution in [0.5, 0.6) is 0 Å². The van der Waals surface area contributed by atoms with Gasteiger partial charge in [-0.1, -0.05) is 58.4 Å². The molecule has 0 aliphatic heterocycles. The summed E-state index contributed by atoms with van der Waals surface area (Å²) in [5.74, 6) is -0.321. The van der Waals surface area contributed by atoms with Gasteiger partial charge in [0.15, 0.2) is 0 Å². The van der Waals surface area contributed by atoms with E-state index in [4.69, 9.17) is 0 Å². The van der Waals surface area contributed by atoms with Crippen molar-refractivity contribution in [3.8, 4) is 0 Å². The van der Waals surface area contributed by atoms with Gasteiger partial charge in [-0.25, -0.2) is 0 Å². The molecule has 0 spiro atoms. The molecule has 0 fully saturated rings. The Hall–Kier alpha value is -2.14. The van der Waals surface area contributed by atoms with E-state index in [1.165, 1.54) is 5.56 Å². The number of carbonyl (C=O) groups excluding carboxylic acids is 2. The Balaban J connectivity index is 1.59. The maximum atomic E-state index is 11.8. The van der Waals surface area contributed by atoms with Crippen molar-refractivity contribution in [2.45, 2.75) is 19.3 Å². The topological polar surface area (TPSA) is 58.2 Å². The Labute approximate surface area is 150 Å². The highest BCUT2D eigenvalue weighted by atomic mass is 79.9. The molecule has 0 atom stereocenters. The Morgan fingerprint density at radius 1 is 0.875 bits per heavy atom. The van der Waals surface area contributed by atoms with Gasteiger partial charge in [0.05, 0.1) is 13.0 Å². The Morgan fingerprint density at radius 2 is 1.62 bits per heavy atom. The van der Waals surface area contributed by atoms with Crippen LogP contribution in [0, 0.1) is 0 Å². The van der Waals surface area contributed by atoms with Crippen molar-refractivity contribution in [3.05, 3.63) is 70.2 Å². The second-order valence-electron chi connectivity index (χ2n) is 5.52. The van der Waals surface area contributed by atoms with Crippen LogP contribution in [0.3, 0.4) is 0 Å². The molecule has 0 aromatic heterocycles. The Morgan fingerprint density at radius 3 is 2.38 bits per heavy atom. The molecule has 4 nitrogen and oxygen atoms in total. The second-order valence-corrected chi connectivity index (χ2v) is 6.44. The van der Waals surface area contributed by atoms with E-state index in [0.29, 0.717) is 6.54 Å². The van der Waals surface area contributed by atoms with Crippen LogP contribution in [-0.4, -0.2) is 24.9 Å². The van der Waals surface area contributed by atoms with E-state index in [1.807, 2.05) is 42.5 Å². The van der Waals surface area contributed by atoms with Gasteiger partial charge in [-0.2, -0.15) is 0 Å². The standard InChI is InChI=1S/C19H21BrN2O2/c20-17-10-4-8-16(12-17)13-18(23)22-14-19(24)21-11-5-9-15-6-2-1-3-7-15/h1-4,6-8,10,12H,5,9,11,13-14H2,(H,21,24)(H,22,23). The smallest absolute Gasteiger partial charge is 0.239 e. The summed E-state index contributed by atoms with van der Waals surface area (Å²) < 4.78 is 0.934. The van der Waals surface area contributed by atoms with Crippen molar-refractivity contribution in [1.82, 2.24) is 10.6 Å². The summed E-state index contributed by atoms with van der Waals surface area (Å²) in [7, 11) is 0. The fraction of sp³-hybridized carbons (Fsp3) is 0.263. The summed E-state index contributed by atoms with van der Waals surface area (Å²) >= 11 is 3.37. The fourth-order valence-electron chi connectivity index (χ4n) is 2.30. The molecule has 2 rings (SSSR count). The zero-order chi connectivity index (χ0) is 17.2. The van der Waals surface area contributed by atoms with Gasteiger partial charge in [-0.15, -0.1) is 0 Å². The van der Waals surface area contributed by atoms with E-state index in [-0.39, 0.29) is 24.8 Å². The minimum absolute atomic E-state index is 0.0121. The summed E-state index contributed by atoms with van der Waals surface area (Å²) in [6.45, 7) is 0.618. The average Bonchev–Trinajstić information content (AvgIpc) is 2.58. The monoisotopic (exact) mass is 388 g/mol. The molecule has 0 unspecified atom stereocenters. The normalized spacial score (nSPS) is 10.2. The number of benzene rings is 2. The number of amides is 2. The minimum Gasteiger partial charge on any atom is -0.355 e. The van der Waals surface area contributed by atoms with Crippen molar-refractivity contribution >= 4 is 27.7 Å². The first-order valence-electron chi connectivity index (χ1n) is 7.95. The van der Waals surface area contributed by atoms with Crippen LogP contribution in [0.15, 0.2) is 59.1 Å². The van der Waals surface area contributed by atoms with Gasteiger partial charge >= 0.3 is 0 Å². The minimum atomic E-state index is -0.161.